The zero-order chi connectivity index (χ0) is 14.4. The highest BCUT2D eigenvalue weighted by Crippen LogP contribution is 2.36. The highest BCUT2D eigenvalue weighted by atomic mass is 15.3. The smallest absolute Gasteiger partial charge is 0.138 e. The van der Waals surface area contributed by atoms with E-state index in [0.717, 1.165) is 36.5 Å². The minimum absolute atomic E-state index is 0.765. The Morgan fingerprint density at radius 2 is 2.15 bits per heavy atom. The number of hydrogen-bond donors (Lipinski definition) is 1. The quantitative estimate of drug-likeness (QED) is 0.780. The lowest BCUT2D eigenvalue weighted by atomic mass is 9.71. The van der Waals surface area contributed by atoms with Gasteiger partial charge in [-0.3, -0.25) is 4.68 Å². The molecule has 2 rings (SSSR count). The standard InChI is InChI=1S/C16H30N4/c1-4-8-17-11-14-7-6-13(5-2)9-15(14)10-16-18-12-19-20(16)3/h12-15,17H,4-11H2,1-3H3. The third-order valence-corrected chi connectivity index (χ3v) is 4.91. The lowest BCUT2D eigenvalue weighted by Gasteiger charge is -2.36. The van der Waals surface area contributed by atoms with Crippen molar-refractivity contribution in [2.24, 2.45) is 24.8 Å². The molecule has 0 bridgehead atoms. The van der Waals surface area contributed by atoms with Gasteiger partial charge < -0.3 is 5.32 Å². The van der Waals surface area contributed by atoms with Crippen LogP contribution in [0.25, 0.3) is 0 Å². The van der Waals surface area contributed by atoms with Crippen LogP contribution < -0.4 is 5.32 Å². The van der Waals surface area contributed by atoms with Crippen molar-refractivity contribution in [3.63, 3.8) is 0 Å². The van der Waals surface area contributed by atoms with Gasteiger partial charge in [0.1, 0.15) is 12.2 Å². The van der Waals surface area contributed by atoms with Gasteiger partial charge >= 0.3 is 0 Å². The summed E-state index contributed by atoms with van der Waals surface area (Å²) in [6, 6.07) is 0. The lowest BCUT2D eigenvalue weighted by molar-refractivity contribution is 0.168. The second-order valence-corrected chi connectivity index (χ2v) is 6.32. The molecule has 1 aromatic heterocycles. The van der Waals surface area contributed by atoms with Gasteiger partial charge in [-0.05, 0) is 50.1 Å². The number of aryl methyl sites for hydroxylation is 1. The Bertz CT molecular complexity index is 386. The first-order valence-electron chi connectivity index (χ1n) is 8.28. The Kier molecular flexibility index (Phi) is 6.02. The van der Waals surface area contributed by atoms with Gasteiger partial charge in [0.05, 0.1) is 0 Å². The molecule has 1 aliphatic rings. The molecule has 0 amide bonds. The van der Waals surface area contributed by atoms with Crippen LogP contribution in [0.5, 0.6) is 0 Å². The van der Waals surface area contributed by atoms with Crippen LogP contribution in [0.2, 0.25) is 0 Å². The number of rotatable bonds is 7. The van der Waals surface area contributed by atoms with Gasteiger partial charge in [-0.25, -0.2) is 4.98 Å². The minimum Gasteiger partial charge on any atom is -0.316 e. The van der Waals surface area contributed by atoms with Crippen LogP contribution in [0.4, 0.5) is 0 Å². The fraction of sp³-hybridized carbons (Fsp3) is 0.875. The van der Waals surface area contributed by atoms with Gasteiger partial charge in [0.25, 0.3) is 0 Å². The molecular formula is C16H30N4. The summed E-state index contributed by atoms with van der Waals surface area (Å²) in [5.41, 5.74) is 0. The fourth-order valence-corrected chi connectivity index (χ4v) is 3.52. The Hall–Kier alpha value is -0.900. The van der Waals surface area contributed by atoms with Crippen molar-refractivity contribution in [3.05, 3.63) is 12.2 Å². The molecule has 1 aromatic rings. The average molecular weight is 278 g/mol. The first-order chi connectivity index (χ1) is 9.74. The third-order valence-electron chi connectivity index (χ3n) is 4.91. The molecule has 0 aromatic carbocycles. The summed E-state index contributed by atoms with van der Waals surface area (Å²) in [4.78, 5) is 4.42. The molecule has 114 valence electrons. The number of aromatic nitrogens is 3. The highest BCUT2D eigenvalue weighted by Gasteiger charge is 2.30. The maximum absolute atomic E-state index is 4.42. The van der Waals surface area contributed by atoms with E-state index in [0.29, 0.717) is 0 Å². The van der Waals surface area contributed by atoms with Crippen LogP contribution >= 0.6 is 0 Å². The monoisotopic (exact) mass is 278 g/mol. The van der Waals surface area contributed by atoms with Gasteiger partial charge in [0.2, 0.25) is 0 Å². The van der Waals surface area contributed by atoms with Crippen molar-refractivity contribution in [1.82, 2.24) is 20.1 Å². The molecule has 1 saturated carbocycles. The minimum atomic E-state index is 0.765. The van der Waals surface area contributed by atoms with Gasteiger partial charge in [0, 0.05) is 13.5 Å². The highest BCUT2D eigenvalue weighted by molar-refractivity contribution is 4.91. The molecule has 1 aliphatic carbocycles. The molecule has 0 spiro atoms. The number of nitrogens with zero attached hydrogens (tertiary/aromatic N) is 3. The van der Waals surface area contributed by atoms with Crippen LogP contribution in [0.1, 0.15) is 51.8 Å². The van der Waals surface area contributed by atoms with E-state index in [1.165, 1.54) is 38.6 Å². The Labute approximate surface area is 123 Å². The largest absolute Gasteiger partial charge is 0.316 e. The summed E-state index contributed by atoms with van der Waals surface area (Å²) >= 11 is 0. The van der Waals surface area contributed by atoms with Crippen molar-refractivity contribution in [1.29, 1.82) is 0 Å². The topological polar surface area (TPSA) is 42.7 Å². The van der Waals surface area contributed by atoms with Gasteiger partial charge in [-0.15, -0.1) is 0 Å². The Morgan fingerprint density at radius 3 is 2.80 bits per heavy atom. The number of hydrogen-bond acceptors (Lipinski definition) is 3. The van der Waals surface area contributed by atoms with Crippen molar-refractivity contribution < 1.29 is 0 Å². The van der Waals surface area contributed by atoms with E-state index in [1.807, 2.05) is 11.7 Å². The predicted molar refractivity (Wildman–Crippen MR) is 82.5 cm³/mol. The summed E-state index contributed by atoms with van der Waals surface area (Å²) < 4.78 is 1.94. The third kappa shape index (κ3) is 4.05. The van der Waals surface area contributed by atoms with Crippen LogP contribution in [0.3, 0.4) is 0 Å². The molecular weight excluding hydrogens is 248 g/mol. The van der Waals surface area contributed by atoms with Crippen LogP contribution in [0, 0.1) is 17.8 Å². The summed E-state index contributed by atoms with van der Waals surface area (Å²) in [5.74, 6) is 3.63. The Balaban J connectivity index is 1.96. The lowest BCUT2D eigenvalue weighted by Crippen LogP contribution is -2.35. The molecule has 0 aliphatic heterocycles. The molecule has 3 atom stereocenters. The van der Waals surface area contributed by atoms with Crippen molar-refractivity contribution in [2.75, 3.05) is 13.1 Å². The van der Waals surface area contributed by atoms with E-state index in [1.54, 1.807) is 6.33 Å². The summed E-state index contributed by atoms with van der Waals surface area (Å²) in [7, 11) is 2.01. The SMILES string of the molecule is CCCNCC1CCC(CC)CC1Cc1ncnn1C. The molecule has 1 fully saturated rings. The van der Waals surface area contributed by atoms with Gasteiger partial charge in [0.15, 0.2) is 0 Å². The zero-order valence-electron chi connectivity index (χ0n) is 13.3. The second-order valence-electron chi connectivity index (χ2n) is 6.32. The molecule has 1 N–H and O–H groups in total. The summed E-state index contributed by atoms with van der Waals surface area (Å²) in [6.45, 7) is 6.88. The van der Waals surface area contributed by atoms with E-state index < -0.39 is 0 Å². The van der Waals surface area contributed by atoms with Crippen LogP contribution in [0.15, 0.2) is 6.33 Å². The van der Waals surface area contributed by atoms with Gasteiger partial charge in [-0.2, -0.15) is 5.10 Å². The Morgan fingerprint density at radius 1 is 1.30 bits per heavy atom. The van der Waals surface area contributed by atoms with E-state index in [2.05, 4.69) is 29.2 Å². The predicted octanol–water partition coefficient (Wildman–Crippen LogP) is 2.80. The fourth-order valence-electron chi connectivity index (χ4n) is 3.52. The van der Waals surface area contributed by atoms with E-state index in [-0.39, 0.29) is 0 Å². The molecule has 1 heterocycles. The molecule has 0 radical (unpaired) electrons. The normalized spacial score (nSPS) is 26.9. The molecule has 4 heteroatoms. The maximum Gasteiger partial charge on any atom is 0.138 e. The van der Waals surface area contributed by atoms with E-state index in [4.69, 9.17) is 0 Å². The summed E-state index contributed by atoms with van der Waals surface area (Å²) in [6.07, 6.45) is 9.46. The number of nitrogens with one attached hydrogen (secondary N) is 1. The molecule has 4 nitrogen and oxygen atoms in total. The zero-order valence-corrected chi connectivity index (χ0v) is 13.3. The van der Waals surface area contributed by atoms with Crippen LogP contribution in [-0.2, 0) is 13.5 Å². The van der Waals surface area contributed by atoms with E-state index in [9.17, 15) is 0 Å². The van der Waals surface area contributed by atoms with Crippen LogP contribution in [-0.4, -0.2) is 27.9 Å². The first kappa shape index (κ1) is 15.5. The van der Waals surface area contributed by atoms with E-state index >= 15 is 0 Å². The summed E-state index contributed by atoms with van der Waals surface area (Å²) in [5, 5.41) is 7.83. The second kappa shape index (κ2) is 7.77. The molecule has 0 saturated heterocycles. The molecule has 20 heavy (non-hydrogen) atoms. The maximum atomic E-state index is 4.42. The van der Waals surface area contributed by atoms with Crippen molar-refractivity contribution in [2.45, 2.75) is 52.4 Å². The van der Waals surface area contributed by atoms with Gasteiger partial charge in [-0.1, -0.05) is 26.7 Å². The average Bonchev–Trinajstić information content (AvgIpc) is 2.86. The van der Waals surface area contributed by atoms with Crippen molar-refractivity contribution >= 4 is 0 Å². The first-order valence-corrected chi connectivity index (χ1v) is 8.28. The van der Waals surface area contributed by atoms with Crippen molar-refractivity contribution in [3.8, 4) is 0 Å². The molecule has 3 unspecified atom stereocenters.